The smallest absolute Gasteiger partial charge is 0.0753 e. The highest BCUT2D eigenvalue weighted by Gasteiger charge is 1.99. The van der Waals surface area contributed by atoms with Crippen molar-refractivity contribution in [2.75, 3.05) is 6.61 Å². The van der Waals surface area contributed by atoms with Crippen LogP contribution in [0.2, 0.25) is 0 Å². The van der Waals surface area contributed by atoms with Gasteiger partial charge in [-0.25, -0.2) is 0 Å². The van der Waals surface area contributed by atoms with Crippen molar-refractivity contribution < 1.29 is 4.74 Å². The van der Waals surface area contributed by atoms with Crippen LogP contribution in [0.5, 0.6) is 0 Å². The van der Waals surface area contributed by atoms with Gasteiger partial charge in [-0.05, 0) is 33.8 Å². The molecule has 1 aromatic heterocycles. The molecular formula is C9H13BrOS. The SMILES string of the molecule is CCCCOCc1ccsc1Br. The number of rotatable bonds is 5. The van der Waals surface area contributed by atoms with Crippen LogP contribution in [0.15, 0.2) is 15.2 Å². The van der Waals surface area contributed by atoms with Gasteiger partial charge in [-0.2, -0.15) is 0 Å². The summed E-state index contributed by atoms with van der Waals surface area (Å²) >= 11 is 5.18. The highest BCUT2D eigenvalue weighted by molar-refractivity contribution is 9.11. The molecule has 0 N–H and O–H groups in total. The molecule has 0 aliphatic carbocycles. The van der Waals surface area contributed by atoms with Crippen LogP contribution in [-0.2, 0) is 11.3 Å². The molecule has 0 spiro atoms. The van der Waals surface area contributed by atoms with Gasteiger partial charge in [0.2, 0.25) is 0 Å². The Balaban J connectivity index is 2.20. The van der Waals surface area contributed by atoms with Crippen LogP contribution in [0.25, 0.3) is 0 Å². The maximum absolute atomic E-state index is 5.48. The van der Waals surface area contributed by atoms with E-state index in [0.29, 0.717) is 0 Å². The maximum atomic E-state index is 5.48. The molecule has 0 aliphatic heterocycles. The molecule has 0 aliphatic rings. The van der Waals surface area contributed by atoms with E-state index < -0.39 is 0 Å². The zero-order valence-electron chi connectivity index (χ0n) is 7.18. The predicted molar refractivity (Wildman–Crippen MR) is 56.6 cm³/mol. The molecule has 0 saturated heterocycles. The summed E-state index contributed by atoms with van der Waals surface area (Å²) in [7, 11) is 0. The van der Waals surface area contributed by atoms with Crippen LogP contribution in [0, 0.1) is 0 Å². The third kappa shape index (κ3) is 3.25. The first-order valence-corrected chi connectivity index (χ1v) is 5.81. The van der Waals surface area contributed by atoms with E-state index in [0.717, 1.165) is 19.6 Å². The van der Waals surface area contributed by atoms with Crippen molar-refractivity contribution in [3.8, 4) is 0 Å². The summed E-state index contributed by atoms with van der Waals surface area (Å²) in [5, 5.41) is 2.07. The number of halogens is 1. The summed E-state index contributed by atoms with van der Waals surface area (Å²) in [6.07, 6.45) is 2.35. The zero-order valence-corrected chi connectivity index (χ0v) is 9.58. The molecule has 3 heteroatoms. The lowest BCUT2D eigenvalue weighted by Gasteiger charge is -2.01. The first-order valence-electron chi connectivity index (χ1n) is 4.14. The lowest BCUT2D eigenvalue weighted by atomic mass is 10.3. The van der Waals surface area contributed by atoms with Crippen LogP contribution in [-0.4, -0.2) is 6.61 Å². The number of thiophene rings is 1. The Kier molecular flexibility index (Phi) is 4.88. The van der Waals surface area contributed by atoms with E-state index in [1.54, 1.807) is 11.3 Å². The van der Waals surface area contributed by atoms with Gasteiger partial charge in [-0.15, -0.1) is 11.3 Å². The minimum absolute atomic E-state index is 0.740. The molecule has 0 amide bonds. The standard InChI is InChI=1S/C9H13BrOS/c1-2-3-5-11-7-8-4-6-12-9(8)10/h4,6H,2-3,5,7H2,1H3. The molecule has 1 aromatic rings. The highest BCUT2D eigenvalue weighted by atomic mass is 79.9. The number of unbranched alkanes of at least 4 members (excludes halogenated alkanes) is 1. The van der Waals surface area contributed by atoms with E-state index in [4.69, 9.17) is 4.74 Å². The van der Waals surface area contributed by atoms with Gasteiger partial charge in [0.05, 0.1) is 10.4 Å². The van der Waals surface area contributed by atoms with Crippen molar-refractivity contribution in [2.45, 2.75) is 26.4 Å². The summed E-state index contributed by atoms with van der Waals surface area (Å²) in [6, 6.07) is 2.10. The lowest BCUT2D eigenvalue weighted by molar-refractivity contribution is 0.118. The van der Waals surface area contributed by atoms with Gasteiger partial charge in [0, 0.05) is 12.2 Å². The topological polar surface area (TPSA) is 9.23 Å². The maximum Gasteiger partial charge on any atom is 0.0753 e. The molecule has 0 bridgehead atoms. The van der Waals surface area contributed by atoms with Gasteiger partial charge in [0.25, 0.3) is 0 Å². The molecule has 1 heterocycles. The first-order chi connectivity index (χ1) is 5.84. The molecule has 1 rings (SSSR count). The summed E-state index contributed by atoms with van der Waals surface area (Å²) in [6.45, 7) is 3.78. The van der Waals surface area contributed by atoms with Crippen LogP contribution >= 0.6 is 27.3 Å². The van der Waals surface area contributed by atoms with Crippen molar-refractivity contribution in [1.82, 2.24) is 0 Å². The molecule has 0 atom stereocenters. The fraction of sp³-hybridized carbons (Fsp3) is 0.556. The molecule has 0 saturated carbocycles. The van der Waals surface area contributed by atoms with Gasteiger partial charge in [-0.3, -0.25) is 0 Å². The average Bonchev–Trinajstić information content (AvgIpc) is 2.46. The van der Waals surface area contributed by atoms with E-state index in [1.807, 2.05) is 0 Å². The minimum Gasteiger partial charge on any atom is -0.377 e. The second-order valence-electron chi connectivity index (χ2n) is 2.63. The highest BCUT2D eigenvalue weighted by Crippen LogP contribution is 2.23. The Morgan fingerprint density at radius 2 is 2.42 bits per heavy atom. The second-order valence-corrected chi connectivity index (χ2v) is 4.86. The first kappa shape index (κ1) is 10.2. The summed E-state index contributed by atoms with van der Waals surface area (Å²) in [5.74, 6) is 0. The Bertz CT molecular complexity index is 222. The molecule has 0 unspecified atom stereocenters. The normalized spacial score (nSPS) is 10.5. The van der Waals surface area contributed by atoms with Crippen LogP contribution in [0.1, 0.15) is 25.3 Å². The molecule has 1 nitrogen and oxygen atoms in total. The molecule has 0 fully saturated rings. The molecule has 0 aromatic carbocycles. The van der Waals surface area contributed by atoms with Crippen molar-refractivity contribution in [3.63, 3.8) is 0 Å². The summed E-state index contributed by atoms with van der Waals surface area (Å²) in [5.41, 5.74) is 1.26. The van der Waals surface area contributed by atoms with E-state index >= 15 is 0 Å². The Hall–Kier alpha value is 0.140. The number of ether oxygens (including phenoxy) is 1. The van der Waals surface area contributed by atoms with Gasteiger partial charge in [0.1, 0.15) is 0 Å². The lowest BCUT2D eigenvalue weighted by Crippen LogP contribution is -1.93. The zero-order chi connectivity index (χ0) is 8.81. The van der Waals surface area contributed by atoms with Gasteiger partial charge >= 0.3 is 0 Å². The second kappa shape index (κ2) is 5.73. The van der Waals surface area contributed by atoms with Crippen LogP contribution < -0.4 is 0 Å². The Morgan fingerprint density at radius 1 is 1.58 bits per heavy atom. The van der Waals surface area contributed by atoms with Crippen LogP contribution in [0.3, 0.4) is 0 Å². The van der Waals surface area contributed by atoms with Gasteiger partial charge in [-0.1, -0.05) is 13.3 Å². The van der Waals surface area contributed by atoms with Crippen molar-refractivity contribution >= 4 is 27.3 Å². The molecule has 12 heavy (non-hydrogen) atoms. The summed E-state index contributed by atoms with van der Waals surface area (Å²) in [4.78, 5) is 0. The number of hydrogen-bond donors (Lipinski definition) is 0. The Labute approximate surface area is 85.9 Å². The van der Waals surface area contributed by atoms with E-state index in [9.17, 15) is 0 Å². The van der Waals surface area contributed by atoms with E-state index in [-0.39, 0.29) is 0 Å². The van der Waals surface area contributed by atoms with E-state index in [1.165, 1.54) is 15.8 Å². The van der Waals surface area contributed by atoms with Gasteiger partial charge < -0.3 is 4.74 Å². The quantitative estimate of drug-likeness (QED) is 0.720. The molecular weight excluding hydrogens is 236 g/mol. The fourth-order valence-corrected chi connectivity index (χ4v) is 2.05. The number of hydrogen-bond acceptors (Lipinski definition) is 2. The third-order valence-electron chi connectivity index (χ3n) is 1.59. The van der Waals surface area contributed by atoms with Crippen molar-refractivity contribution in [2.24, 2.45) is 0 Å². The molecule has 0 radical (unpaired) electrons. The average molecular weight is 249 g/mol. The van der Waals surface area contributed by atoms with Crippen LogP contribution in [0.4, 0.5) is 0 Å². The Morgan fingerprint density at radius 3 is 3.00 bits per heavy atom. The largest absolute Gasteiger partial charge is 0.377 e. The van der Waals surface area contributed by atoms with Crippen molar-refractivity contribution in [3.05, 3.63) is 20.8 Å². The fourth-order valence-electron chi connectivity index (χ4n) is 0.850. The minimum atomic E-state index is 0.740. The summed E-state index contributed by atoms with van der Waals surface area (Å²) < 4.78 is 6.67. The molecule has 68 valence electrons. The van der Waals surface area contributed by atoms with Gasteiger partial charge in [0.15, 0.2) is 0 Å². The van der Waals surface area contributed by atoms with E-state index in [2.05, 4.69) is 34.3 Å². The van der Waals surface area contributed by atoms with Crippen molar-refractivity contribution in [1.29, 1.82) is 0 Å². The third-order valence-corrected chi connectivity index (χ3v) is 3.40. The predicted octanol–water partition coefficient (Wildman–Crippen LogP) is 3.83. The monoisotopic (exact) mass is 248 g/mol.